The minimum Gasteiger partial charge on any atom is -0.385 e. The smallest absolute Gasteiger partial charge is 0.239 e. The zero-order valence-corrected chi connectivity index (χ0v) is 11.0. The van der Waals surface area contributed by atoms with Crippen LogP contribution in [-0.4, -0.2) is 54.7 Å². The Balaban J connectivity index is 2.36. The SMILES string of the molecule is COCCCC(N)C(=O)N1CCSCC1C. The van der Waals surface area contributed by atoms with E-state index in [2.05, 4.69) is 6.92 Å². The third-order valence-corrected chi connectivity index (χ3v) is 4.02. The summed E-state index contributed by atoms with van der Waals surface area (Å²) in [6.07, 6.45) is 1.56. The molecule has 0 aliphatic carbocycles. The van der Waals surface area contributed by atoms with Crippen LogP contribution in [0, 0.1) is 0 Å². The van der Waals surface area contributed by atoms with Crippen molar-refractivity contribution in [1.29, 1.82) is 0 Å². The van der Waals surface area contributed by atoms with Crippen LogP contribution < -0.4 is 5.73 Å². The first-order valence-corrected chi connectivity index (χ1v) is 6.95. The molecule has 0 saturated carbocycles. The quantitative estimate of drug-likeness (QED) is 0.726. The van der Waals surface area contributed by atoms with Crippen LogP contribution in [0.4, 0.5) is 0 Å². The molecule has 0 aromatic rings. The lowest BCUT2D eigenvalue weighted by atomic mass is 10.1. The van der Waals surface area contributed by atoms with Gasteiger partial charge in [0.05, 0.1) is 6.04 Å². The van der Waals surface area contributed by atoms with Crippen molar-refractivity contribution in [3.63, 3.8) is 0 Å². The Hall–Kier alpha value is -0.260. The third-order valence-electron chi connectivity index (χ3n) is 2.83. The molecular formula is C11H22N2O2S. The normalized spacial score (nSPS) is 23.2. The van der Waals surface area contributed by atoms with Gasteiger partial charge in [-0.3, -0.25) is 4.79 Å². The lowest BCUT2D eigenvalue weighted by molar-refractivity contribution is -0.134. The van der Waals surface area contributed by atoms with Crippen LogP contribution in [-0.2, 0) is 9.53 Å². The van der Waals surface area contributed by atoms with Gasteiger partial charge in [0.1, 0.15) is 0 Å². The highest BCUT2D eigenvalue weighted by atomic mass is 32.2. The van der Waals surface area contributed by atoms with Crippen LogP contribution in [0.1, 0.15) is 19.8 Å². The fourth-order valence-electron chi connectivity index (χ4n) is 1.84. The van der Waals surface area contributed by atoms with Crippen LogP contribution in [0.5, 0.6) is 0 Å². The molecule has 1 rings (SSSR count). The second-order valence-electron chi connectivity index (χ2n) is 4.20. The first kappa shape index (κ1) is 13.8. The highest BCUT2D eigenvalue weighted by Crippen LogP contribution is 2.17. The van der Waals surface area contributed by atoms with Gasteiger partial charge in [0.2, 0.25) is 5.91 Å². The van der Waals surface area contributed by atoms with Gasteiger partial charge in [0.15, 0.2) is 0 Å². The molecule has 1 heterocycles. The van der Waals surface area contributed by atoms with Crippen molar-refractivity contribution < 1.29 is 9.53 Å². The molecule has 1 aliphatic heterocycles. The number of carbonyl (C=O) groups excluding carboxylic acids is 1. The van der Waals surface area contributed by atoms with Crippen molar-refractivity contribution in [2.45, 2.75) is 31.8 Å². The van der Waals surface area contributed by atoms with Crippen LogP contribution in [0.2, 0.25) is 0 Å². The number of thioether (sulfide) groups is 1. The largest absolute Gasteiger partial charge is 0.385 e. The van der Waals surface area contributed by atoms with E-state index in [1.807, 2.05) is 16.7 Å². The predicted octanol–water partition coefficient (Wildman–Crippen LogP) is 0.704. The first-order chi connectivity index (χ1) is 7.66. The number of hydrogen-bond acceptors (Lipinski definition) is 4. The molecule has 2 unspecified atom stereocenters. The lowest BCUT2D eigenvalue weighted by Crippen LogP contribution is -2.51. The highest BCUT2D eigenvalue weighted by molar-refractivity contribution is 7.99. The number of rotatable bonds is 5. The summed E-state index contributed by atoms with van der Waals surface area (Å²) in [6.45, 7) is 3.60. The summed E-state index contributed by atoms with van der Waals surface area (Å²) in [6, 6.07) is -0.0413. The summed E-state index contributed by atoms with van der Waals surface area (Å²) >= 11 is 1.90. The molecule has 0 aromatic heterocycles. The maximum absolute atomic E-state index is 12.1. The lowest BCUT2D eigenvalue weighted by Gasteiger charge is -2.34. The van der Waals surface area contributed by atoms with E-state index in [9.17, 15) is 4.79 Å². The molecule has 2 N–H and O–H groups in total. The Morgan fingerprint density at radius 2 is 2.44 bits per heavy atom. The topological polar surface area (TPSA) is 55.6 Å². The van der Waals surface area contributed by atoms with Gasteiger partial charge in [-0.15, -0.1) is 0 Å². The monoisotopic (exact) mass is 246 g/mol. The van der Waals surface area contributed by atoms with Crippen LogP contribution in [0.25, 0.3) is 0 Å². The van der Waals surface area contributed by atoms with E-state index in [1.165, 1.54) is 0 Å². The Morgan fingerprint density at radius 3 is 3.06 bits per heavy atom. The molecule has 1 fully saturated rings. The van der Waals surface area contributed by atoms with Gasteiger partial charge in [-0.1, -0.05) is 0 Å². The van der Waals surface area contributed by atoms with Crippen molar-refractivity contribution in [1.82, 2.24) is 4.90 Å². The van der Waals surface area contributed by atoms with Gasteiger partial charge in [-0.25, -0.2) is 0 Å². The van der Waals surface area contributed by atoms with Gasteiger partial charge in [0.25, 0.3) is 0 Å². The maximum Gasteiger partial charge on any atom is 0.239 e. The average molecular weight is 246 g/mol. The zero-order chi connectivity index (χ0) is 12.0. The fourth-order valence-corrected chi connectivity index (χ4v) is 2.85. The second-order valence-corrected chi connectivity index (χ2v) is 5.35. The summed E-state index contributed by atoms with van der Waals surface area (Å²) in [7, 11) is 1.66. The Bertz CT molecular complexity index is 226. The molecule has 5 heteroatoms. The first-order valence-electron chi connectivity index (χ1n) is 5.79. The van der Waals surface area contributed by atoms with E-state index < -0.39 is 0 Å². The molecule has 4 nitrogen and oxygen atoms in total. The van der Waals surface area contributed by atoms with Gasteiger partial charge in [-0.2, -0.15) is 11.8 Å². The average Bonchev–Trinajstić information content (AvgIpc) is 2.29. The van der Waals surface area contributed by atoms with Crippen LogP contribution in [0.3, 0.4) is 0 Å². The Kier molecular flexibility index (Phi) is 6.16. The second kappa shape index (κ2) is 7.14. The number of amides is 1. The molecule has 0 spiro atoms. The summed E-state index contributed by atoms with van der Waals surface area (Å²) in [5.41, 5.74) is 5.90. The van der Waals surface area contributed by atoms with Crippen molar-refractivity contribution >= 4 is 17.7 Å². The molecule has 0 radical (unpaired) electrons. The van der Waals surface area contributed by atoms with Gasteiger partial charge in [0, 0.05) is 37.8 Å². The summed E-state index contributed by atoms with van der Waals surface area (Å²) in [5, 5.41) is 0. The van der Waals surface area contributed by atoms with E-state index in [0.29, 0.717) is 19.1 Å². The number of nitrogens with zero attached hydrogens (tertiary/aromatic N) is 1. The molecule has 0 bridgehead atoms. The molecule has 1 saturated heterocycles. The minimum atomic E-state index is -0.360. The Labute approximate surface area is 102 Å². The van der Waals surface area contributed by atoms with E-state index in [4.69, 9.17) is 10.5 Å². The number of methoxy groups -OCH3 is 1. The Morgan fingerprint density at radius 1 is 1.69 bits per heavy atom. The van der Waals surface area contributed by atoms with Crippen molar-refractivity contribution in [2.24, 2.45) is 5.73 Å². The molecule has 16 heavy (non-hydrogen) atoms. The van der Waals surface area contributed by atoms with Crippen LogP contribution >= 0.6 is 11.8 Å². The number of carbonyl (C=O) groups is 1. The zero-order valence-electron chi connectivity index (χ0n) is 10.1. The molecular weight excluding hydrogens is 224 g/mol. The van der Waals surface area contributed by atoms with Gasteiger partial charge < -0.3 is 15.4 Å². The molecule has 1 amide bonds. The van der Waals surface area contributed by atoms with E-state index >= 15 is 0 Å². The van der Waals surface area contributed by atoms with Crippen molar-refractivity contribution in [3.05, 3.63) is 0 Å². The molecule has 2 atom stereocenters. The molecule has 1 aliphatic rings. The predicted molar refractivity (Wildman–Crippen MR) is 67.6 cm³/mol. The van der Waals surface area contributed by atoms with Crippen LogP contribution in [0.15, 0.2) is 0 Å². The van der Waals surface area contributed by atoms with Gasteiger partial charge in [-0.05, 0) is 19.8 Å². The fraction of sp³-hybridized carbons (Fsp3) is 0.909. The third kappa shape index (κ3) is 3.96. The van der Waals surface area contributed by atoms with Crippen molar-refractivity contribution in [2.75, 3.05) is 31.8 Å². The maximum atomic E-state index is 12.1. The standard InChI is InChI=1S/C11H22N2O2S/c1-9-8-16-7-5-13(9)11(14)10(12)4-3-6-15-2/h9-10H,3-8,12H2,1-2H3. The number of hydrogen-bond donors (Lipinski definition) is 1. The highest BCUT2D eigenvalue weighted by Gasteiger charge is 2.27. The van der Waals surface area contributed by atoms with Crippen molar-refractivity contribution in [3.8, 4) is 0 Å². The number of nitrogens with two attached hydrogens (primary N) is 1. The molecule has 0 aromatic carbocycles. The summed E-state index contributed by atoms with van der Waals surface area (Å²) < 4.78 is 4.95. The summed E-state index contributed by atoms with van der Waals surface area (Å²) in [5.74, 6) is 2.15. The number of ether oxygens (including phenoxy) is 1. The minimum absolute atomic E-state index is 0.101. The van der Waals surface area contributed by atoms with E-state index in [1.54, 1.807) is 7.11 Å². The molecule has 94 valence electrons. The van der Waals surface area contributed by atoms with E-state index in [0.717, 1.165) is 24.5 Å². The summed E-state index contributed by atoms with van der Waals surface area (Å²) in [4.78, 5) is 14.0. The van der Waals surface area contributed by atoms with Gasteiger partial charge >= 0.3 is 0 Å². The van der Waals surface area contributed by atoms with E-state index in [-0.39, 0.29) is 11.9 Å².